The molecule has 0 bridgehead atoms. The molecule has 2 unspecified atom stereocenters. The fourth-order valence-corrected chi connectivity index (χ4v) is 3.10. The second kappa shape index (κ2) is 7.79. The third-order valence-electron chi connectivity index (χ3n) is 4.34. The number of benzene rings is 2. The summed E-state index contributed by atoms with van der Waals surface area (Å²) in [5.41, 5.74) is 2.71. The Morgan fingerprint density at radius 3 is 2.71 bits per heavy atom. The first-order valence-corrected chi connectivity index (χ1v) is 8.53. The quantitative estimate of drug-likeness (QED) is 0.798. The van der Waals surface area contributed by atoms with Gasteiger partial charge in [-0.1, -0.05) is 41.9 Å². The van der Waals surface area contributed by atoms with Crippen LogP contribution in [0, 0.1) is 0 Å². The second-order valence-corrected chi connectivity index (χ2v) is 6.54. The molecular formula is C19H21ClN2O2. The molecule has 0 saturated carbocycles. The lowest BCUT2D eigenvalue weighted by atomic mass is 9.98. The minimum atomic E-state index is -0.550. The molecule has 126 valence electrons. The topological polar surface area (TPSA) is 61.4 Å². The number of halogens is 1. The van der Waals surface area contributed by atoms with Crippen LogP contribution in [0.1, 0.15) is 27.9 Å². The Labute approximate surface area is 146 Å². The van der Waals surface area contributed by atoms with Crippen LogP contribution in [-0.2, 0) is 6.42 Å². The lowest BCUT2D eigenvalue weighted by Gasteiger charge is -2.29. The molecule has 24 heavy (non-hydrogen) atoms. The lowest BCUT2D eigenvalue weighted by molar-refractivity contribution is 0.0764. The van der Waals surface area contributed by atoms with Gasteiger partial charge in [-0.3, -0.25) is 4.79 Å². The minimum Gasteiger partial charge on any atom is -0.390 e. The van der Waals surface area contributed by atoms with Crippen LogP contribution in [0.3, 0.4) is 0 Å². The van der Waals surface area contributed by atoms with E-state index in [2.05, 4.69) is 10.6 Å². The van der Waals surface area contributed by atoms with Crippen molar-refractivity contribution in [3.8, 4) is 0 Å². The maximum Gasteiger partial charge on any atom is 0.251 e. The van der Waals surface area contributed by atoms with Crippen LogP contribution in [0.15, 0.2) is 48.5 Å². The van der Waals surface area contributed by atoms with Crippen LogP contribution in [0.4, 0.5) is 0 Å². The molecule has 2 aromatic rings. The highest BCUT2D eigenvalue weighted by Gasteiger charge is 2.25. The molecular weight excluding hydrogens is 324 g/mol. The molecule has 1 aliphatic rings. The average molecular weight is 345 g/mol. The Bertz CT molecular complexity index is 703. The van der Waals surface area contributed by atoms with Crippen molar-refractivity contribution in [2.75, 3.05) is 13.1 Å². The van der Waals surface area contributed by atoms with Gasteiger partial charge >= 0.3 is 0 Å². The average Bonchev–Trinajstić information content (AvgIpc) is 2.59. The maximum atomic E-state index is 12.7. The smallest absolute Gasteiger partial charge is 0.251 e. The van der Waals surface area contributed by atoms with E-state index in [0.717, 1.165) is 24.1 Å². The van der Waals surface area contributed by atoms with Gasteiger partial charge < -0.3 is 15.7 Å². The van der Waals surface area contributed by atoms with E-state index in [0.29, 0.717) is 23.6 Å². The fourth-order valence-electron chi connectivity index (χ4n) is 2.97. The van der Waals surface area contributed by atoms with Crippen molar-refractivity contribution in [3.05, 3.63) is 70.2 Å². The highest BCUT2D eigenvalue weighted by atomic mass is 35.5. The number of amides is 1. The van der Waals surface area contributed by atoms with E-state index < -0.39 is 6.10 Å². The summed E-state index contributed by atoms with van der Waals surface area (Å²) in [4.78, 5) is 12.7. The number of nitrogens with one attached hydrogen (secondary N) is 2. The standard InChI is InChI=1S/C19H21ClN2O2/c20-15-7-5-13(6-8-15)11-14-3-1-2-4-16(14)19(24)22-17-9-10-21-12-18(17)23/h1-8,17-18,21,23H,9-12H2,(H,22,24). The van der Waals surface area contributed by atoms with Gasteiger partial charge in [0.25, 0.3) is 5.91 Å². The molecule has 0 aliphatic carbocycles. The van der Waals surface area contributed by atoms with E-state index in [4.69, 9.17) is 11.6 Å². The fraction of sp³-hybridized carbons (Fsp3) is 0.316. The molecule has 0 aromatic heterocycles. The van der Waals surface area contributed by atoms with Gasteiger partial charge in [-0.15, -0.1) is 0 Å². The summed E-state index contributed by atoms with van der Waals surface area (Å²) in [6.45, 7) is 1.31. The van der Waals surface area contributed by atoms with E-state index in [1.807, 2.05) is 48.5 Å². The van der Waals surface area contributed by atoms with Crippen LogP contribution in [0.25, 0.3) is 0 Å². The van der Waals surface area contributed by atoms with Gasteiger partial charge in [-0.05, 0) is 48.7 Å². The van der Waals surface area contributed by atoms with E-state index >= 15 is 0 Å². The first-order chi connectivity index (χ1) is 11.6. The third-order valence-corrected chi connectivity index (χ3v) is 4.59. The highest BCUT2D eigenvalue weighted by molar-refractivity contribution is 6.30. The largest absolute Gasteiger partial charge is 0.390 e. The molecule has 0 spiro atoms. The molecule has 4 nitrogen and oxygen atoms in total. The van der Waals surface area contributed by atoms with Gasteiger partial charge in [0, 0.05) is 17.1 Å². The van der Waals surface area contributed by atoms with Crippen molar-refractivity contribution in [1.29, 1.82) is 0 Å². The number of piperidine rings is 1. The summed E-state index contributed by atoms with van der Waals surface area (Å²) in [5, 5.41) is 16.8. The molecule has 1 amide bonds. The minimum absolute atomic E-state index is 0.134. The lowest BCUT2D eigenvalue weighted by Crippen LogP contribution is -2.52. The van der Waals surface area contributed by atoms with Crippen LogP contribution in [-0.4, -0.2) is 36.2 Å². The predicted octanol–water partition coefficient (Wildman–Crippen LogP) is 2.38. The number of hydrogen-bond acceptors (Lipinski definition) is 3. The summed E-state index contributed by atoms with van der Waals surface area (Å²) in [5.74, 6) is -0.134. The van der Waals surface area contributed by atoms with Crippen molar-refractivity contribution >= 4 is 17.5 Å². The van der Waals surface area contributed by atoms with Crippen LogP contribution < -0.4 is 10.6 Å². The molecule has 5 heteroatoms. The van der Waals surface area contributed by atoms with Gasteiger partial charge in [0.1, 0.15) is 0 Å². The number of aliphatic hydroxyl groups is 1. The summed E-state index contributed by atoms with van der Waals surface area (Å²) in [7, 11) is 0. The Morgan fingerprint density at radius 2 is 1.96 bits per heavy atom. The SMILES string of the molecule is O=C(NC1CCNCC1O)c1ccccc1Cc1ccc(Cl)cc1. The van der Waals surface area contributed by atoms with E-state index in [1.54, 1.807) is 0 Å². The molecule has 3 N–H and O–H groups in total. The van der Waals surface area contributed by atoms with Gasteiger partial charge in [0.2, 0.25) is 0 Å². The Hall–Kier alpha value is -1.88. The molecule has 1 heterocycles. The maximum absolute atomic E-state index is 12.7. The van der Waals surface area contributed by atoms with Crippen molar-refractivity contribution < 1.29 is 9.90 Å². The number of carbonyl (C=O) groups is 1. The molecule has 2 aromatic carbocycles. The predicted molar refractivity (Wildman–Crippen MR) is 95.4 cm³/mol. The first kappa shape index (κ1) is 17.0. The van der Waals surface area contributed by atoms with Crippen LogP contribution in [0.5, 0.6) is 0 Å². The van der Waals surface area contributed by atoms with Crippen molar-refractivity contribution in [2.45, 2.75) is 25.0 Å². The zero-order valence-electron chi connectivity index (χ0n) is 13.3. The Balaban J connectivity index is 1.75. The summed E-state index contributed by atoms with van der Waals surface area (Å²) >= 11 is 5.93. The second-order valence-electron chi connectivity index (χ2n) is 6.10. The summed E-state index contributed by atoms with van der Waals surface area (Å²) in [6.07, 6.45) is 0.841. The normalized spacial score (nSPS) is 20.6. The van der Waals surface area contributed by atoms with E-state index in [9.17, 15) is 9.90 Å². The van der Waals surface area contributed by atoms with Gasteiger partial charge in [0.15, 0.2) is 0 Å². The van der Waals surface area contributed by atoms with Gasteiger partial charge in [0.05, 0.1) is 12.1 Å². The zero-order valence-corrected chi connectivity index (χ0v) is 14.1. The number of aliphatic hydroxyl groups excluding tert-OH is 1. The number of rotatable bonds is 4. The van der Waals surface area contributed by atoms with Crippen molar-refractivity contribution in [1.82, 2.24) is 10.6 Å². The molecule has 1 aliphatic heterocycles. The number of hydrogen-bond donors (Lipinski definition) is 3. The van der Waals surface area contributed by atoms with Crippen molar-refractivity contribution in [3.63, 3.8) is 0 Å². The first-order valence-electron chi connectivity index (χ1n) is 8.15. The number of carbonyl (C=O) groups excluding carboxylic acids is 1. The molecule has 1 saturated heterocycles. The Morgan fingerprint density at radius 1 is 1.21 bits per heavy atom. The molecule has 2 atom stereocenters. The van der Waals surface area contributed by atoms with E-state index in [1.165, 1.54) is 0 Å². The third kappa shape index (κ3) is 4.15. The van der Waals surface area contributed by atoms with Crippen LogP contribution in [0.2, 0.25) is 5.02 Å². The molecule has 3 rings (SSSR count). The van der Waals surface area contributed by atoms with E-state index in [-0.39, 0.29) is 11.9 Å². The monoisotopic (exact) mass is 344 g/mol. The number of β-amino-alcohol motifs (C(OH)–C–C–N with tert-alkyl or cyclic N) is 1. The Kier molecular flexibility index (Phi) is 5.51. The summed E-state index contributed by atoms with van der Waals surface area (Å²) < 4.78 is 0. The molecule has 0 radical (unpaired) electrons. The zero-order chi connectivity index (χ0) is 16.9. The van der Waals surface area contributed by atoms with Crippen LogP contribution >= 0.6 is 11.6 Å². The highest BCUT2D eigenvalue weighted by Crippen LogP contribution is 2.17. The van der Waals surface area contributed by atoms with Gasteiger partial charge in [-0.25, -0.2) is 0 Å². The summed E-state index contributed by atoms with van der Waals surface area (Å²) in [6, 6.07) is 15.0. The molecule has 1 fully saturated rings. The van der Waals surface area contributed by atoms with Crippen molar-refractivity contribution in [2.24, 2.45) is 0 Å². The van der Waals surface area contributed by atoms with Gasteiger partial charge in [-0.2, -0.15) is 0 Å².